The second-order valence-electron chi connectivity index (χ2n) is 5.24. The Morgan fingerprint density at radius 3 is 2.94 bits per heavy atom. The molecule has 1 fully saturated rings. The summed E-state index contributed by atoms with van der Waals surface area (Å²) in [5, 5.41) is 4.10. The van der Waals surface area contributed by atoms with Crippen LogP contribution < -0.4 is 5.32 Å². The molecule has 1 atom stereocenters. The Kier molecular flexibility index (Phi) is 4.62. The summed E-state index contributed by atoms with van der Waals surface area (Å²) < 4.78 is 11.6. The van der Waals surface area contributed by atoms with Gasteiger partial charge in [-0.1, -0.05) is 29.8 Å². The van der Waals surface area contributed by atoms with Crippen LogP contribution in [0.15, 0.2) is 24.3 Å². The fourth-order valence-corrected chi connectivity index (χ4v) is 2.27. The van der Waals surface area contributed by atoms with Crippen molar-refractivity contribution < 1.29 is 9.47 Å². The molecule has 0 aromatic heterocycles. The van der Waals surface area contributed by atoms with Crippen molar-refractivity contribution in [3.63, 3.8) is 0 Å². The highest BCUT2D eigenvalue weighted by Crippen LogP contribution is 2.18. The molecule has 0 spiro atoms. The van der Waals surface area contributed by atoms with Gasteiger partial charge in [-0.15, -0.1) is 0 Å². The monoisotopic (exact) mass is 269 g/mol. The first kappa shape index (κ1) is 13.8. The molecule has 0 aliphatic carbocycles. The Morgan fingerprint density at radius 2 is 2.22 bits per heavy atom. The smallest absolute Gasteiger partial charge is 0.0940 e. The van der Waals surface area contributed by atoms with Crippen molar-refractivity contribution in [1.29, 1.82) is 0 Å². The first-order valence-electron chi connectivity index (χ1n) is 6.26. The minimum Gasteiger partial charge on any atom is -0.374 e. The number of ether oxygens (including phenoxy) is 2. The zero-order chi connectivity index (χ0) is 13.0. The molecule has 1 unspecified atom stereocenters. The molecule has 0 saturated carbocycles. The van der Waals surface area contributed by atoms with Crippen molar-refractivity contribution in [2.45, 2.75) is 32.2 Å². The van der Waals surface area contributed by atoms with Gasteiger partial charge < -0.3 is 14.8 Å². The Labute approximate surface area is 113 Å². The quantitative estimate of drug-likeness (QED) is 0.912. The second-order valence-corrected chi connectivity index (χ2v) is 5.64. The first-order valence-corrected chi connectivity index (χ1v) is 6.64. The Bertz CT molecular complexity index is 395. The zero-order valence-electron chi connectivity index (χ0n) is 10.9. The summed E-state index contributed by atoms with van der Waals surface area (Å²) in [5.41, 5.74) is 0.902. The van der Waals surface area contributed by atoms with E-state index in [4.69, 9.17) is 21.1 Å². The molecule has 0 bridgehead atoms. The lowest BCUT2D eigenvalue weighted by molar-refractivity contribution is -0.122. The van der Waals surface area contributed by atoms with E-state index in [1.165, 1.54) is 0 Å². The van der Waals surface area contributed by atoms with Crippen LogP contribution in [0.2, 0.25) is 5.02 Å². The topological polar surface area (TPSA) is 30.5 Å². The summed E-state index contributed by atoms with van der Waals surface area (Å²) in [6, 6.07) is 7.74. The van der Waals surface area contributed by atoms with Crippen LogP contribution in [0.25, 0.3) is 0 Å². The van der Waals surface area contributed by atoms with E-state index in [-0.39, 0.29) is 11.7 Å². The molecular formula is C14H20ClNO2. The van der Waals surface area contributed by atoms with Gasteiger partial charge in [-0.05, 0) is 25.5 Å². The van der Waals surface area contributed by atoms with Crippen LogP contribution in [-0.4, -0.2) is 31.4 Å². The zero-order valence-corrected chi connectivity index (χ0v) is 11.7. The van der Waals surface area contributed by atoms with Crippen molar-refractivity contribution in [2.75, 3.05) is 19.7 Å². The van der Waals surface area contributed by atoms with Crippen molar-refractivity contribution in [2.24, 2.45) is 0 Å². The highest BCUT2D eigenvalue weighted by molar-refractivity contribution is 6.31. The average Bonchev–Trinajstić information content (AvgIpc) is 2.30. The summed E-state index contributed by atoms with van der Waals surface area (Å²) in [4.78, 5) is 0. The van der Waals surface area contributed by atoms with Gasteiger partial charge in [-0.3, -0.25) is 0 Å². The highest BCUT2D eigenvalue weighted by Gasteiger charge is 2.28. The first-order chi connectivity index (χ1) is 8.57. The number of hydrogen-bond acceptors (Lipinski definition) is 3. The molecule has 100 valence electrons. The lowest BCUT2D eigenvalue weighted by Gasteiger charge is -2.36. The predicted octanol–water partition coefficient (Wildman–Crippen LogP) is 2.62. The maximum Gasteiger partial charge on any atom is 0.0940 e. The van der Waals surface area contributed by atoms with E-state index in [9.17, 15) is 0 Å². The minimum absolute atomic E-state index is 0.108. The van der Waals surface area contributed by atoms with Crippen LogP contribution in [0, 0.1) is 0 Å². The largest absolute Gasteiger partial charge is 0.374 e. The van der Waals surface area contributed by atoms with Crippen LogP contribution >= 0.6 is 11.6 Å². The summed E-state index contributed by atoms with van der Waals surface area (Å²) in [6.45, 7) is 7.00. The molecule has 1 aromatic carbocycles. The number of halogens is 1. The van der Waals surface area contributed by atoms with Gasteiger partial charge in [-0.25, -0.2) is 0 Å². The van der Waals surface area contributed by atoms with Crippen LogP contribution in [0.5, 0.6) is 0 Å². The van der Waals surface area contributed by atoms with Crippen molar-refractivity contribution in [3.05, 3.63) is 34.9 Å². The van der Waals surface area contributed by atoms with Crippen LogP contribution in [0.1, 0.15) is 19.4 Å². The summed E-state index contributed by atoms with van der Waals surface area (Å²) >= 11 is 6.07. The van der Waals surface area contributed by atoms with Crippen molar-refractivity contribution in [1.82, 2.24) is 5.32 Å². The fraction of sp³-hybridized carbons (Fsp3) is 0.571. The molecule has 1 saturated heterocycles. The molecule has 4 heteroatoms. The van der Waals surface area contributed by atoms with E-state index in [0.717, 1.165) is 23.7 Å². The average molecular weight is 270 g/mol. The maximum atomic E-state index is 6.07. The van der Waals surface area contributed by atoms with Gasteiger partial charge in [0.2, 0.25) is 0 Å². The van der Waals surface area contributed by atoms with E-state index >= 15 is 0 Å². The minimum atomic E-state index is -0.114. The number of nitrogens with one attached hydrogen (secondary N) is 1. The Balaban J connectivity index is 1.77. The Hall–Kier alpha value is -0.610. The van der Waals surface area contributed by atoms with Crippen molar-refractivity contribution in [3.8, 4) is 0 Å². The molecule has 2 rings (SSSR count). The molecule has 0 amide bonds. The summed E-state index contributed by atoms with van der Waals surface area (Å²) in [6.07, 6.45) is 0.108. The normalized spacial score (nSPS) is 22.9. The van der Waals surface area contributed by atoms with E-state index in [2.05, 4.69) is 19.2 Å². The highest BCUT2D eigenvalue weighted by atomic mass is 35.5. The molecule has 1 aliphatic heterocycles. The van der Waals surface area contributed by atoms with Crippen LogP contribution in [-0.2, 0) is 16.1 Å². The lowest BCUT2D eigenvalue weighted by Crippen LogP contribution is -2.51. The summed E-state index contributed by atoms with van der Waals surface area (Å²) in [5.74, 6) is 0. The number of rotatable bonds is 4. The van der Waals surface area contributed by atoms with E-state index < -0.39 is 0 Å². The van der Waals surface area contributed by atoms with Crippen molar-refractivity contribution >= 4 is 11.6 Å². The van der Waals surface area contributed by atoms with Gasteiger partial charge in [0.1, 0.15) is 0 Å². The van der Waals surface area contributed by atoms with Crippen LogP contribution in [0.3, 0.4) is 0 Å². The van der Waals surface area contributed by atoms with Gasteiger partial charge in [0.25, 0.3) is 0 Å². The molecular weight excluding hydrogens is 250 g/mol. The third kappa shape index (κ3) is 3.95. The third-order valence-electron chi connectivity index (χ3n) is 2.93. The molecule has 3 nitrogen and oxygen atoms in total. The van der Waals surface area contributed by atoms with Gasteiger partial charge in [0.15, 0.2) is 0 Å². The van der Waals surface area contributed by atoms with Gasteiger partial charge in [-0.2, -0.15) is 0 Å². The molecule has 1 aliphatic rings. The van der Waals surface area contributed by atoms with E-state index in [1.807, 2.05) is 24.3 Å². The lowest BCUT2D eigenvalue weighted by atomic mass is 10.1. The molecule has 18 heavy (non-hydrogen) atoms. The third-order valence-corrected chi connectivity index (χ3v) is 3.30. The molecule has 1 heterocycles. The summed E-state index contributed by atoms with van der Waals surface area (Å²) in [7, 11) is 0. The molecule has 1 N–H and O–H groups in total. The van der Waals surface area contributed by atoms with Gasteiger partial charge in [0.05, 0.1) is 24.9 Å². The predicted molar refractivity (Wildman–Crippen MR) is 72.9 cm³/mol. The molecule has 0 radical (unpaired) electrons. The SMILES string of the molecule is CC1(C)CNCC(COCc2ccccc2Cl)O1. The number of benzene rings is 1. The Morgan fingerprint density at radius 1 is 1.44 bits per heavy atom. The number of hydrogen-bond donors (Lipinski definition) is 1. The van der Waals surface area contributed by atoms with Crippen LogP contribution in [0.4, 0.5) is 0 Å². The second kappa shape index (κ2) is 6.02. The van der Waals surface area contributed by atoms with Gasteiger partial charge >= 0.3 is 0 Å². The van der Waals surface area contributed by atoms with E-state index in [0.29, 0.717) is 13.2 Å². The molecule has 1 aromatic rings. The fourth-order valence-electron chi connectivity index (χ4n) is 2.08. The standard InChI is InChI=1S/C14H20ClNO2/c1-14(2)10-16-7-12(18-14)9-17-8-11-5-3-4-6-13(11)15/h3-6,12,16H,7-10H2,1-2H3. The van der Waals surface area contributed by atoms with Gasteiger partial charge in [0, 0.05) is 18.1 Å². The maximum absolute atomic E-state index is 6.07. The number of morpholine rings is 1. The van der Waals surface area contributed by atoms with E-state index in [1.54, 1.807) is 0 Å².